The normalized spacial score (nSPS) is 27.6. The predicted molar refractivity (Wildman–Crippen MR) is 115 cm³/mol. The zero-order chi connectivity index (χ0) is 22.8. The molecule has 10 nitrogen and oxygen atoms in total. The van der Waals surface area contributed by atoms with Crippen molar-refractivity contribution in [2.24, 2.45) is 11.3 Å². The van der Waals surface area contributed by atoms with Gasteiger partial charge in [-0.05, 0) is 42.2 Å². The first-order valence-electron chi connectivity index (χ1n) is 10.5. The molecule has 4 unspecified atom stereocenters. The summed E-state index contributed by atoms with van der Waals surface area (Å²) in [6, 6.07) is 8.87. The molecule has 1 amide bonds. The highest BCUT2D eigenvalue weighted by molar-refractivity contribution is 6.04. The van der Waals surface area contributed by atoms with Gasteiger partial charge in [0.1, 0.15) is 0 Å². The number of nitrogens with one attached hydrogen (secondary N) is 1. The van der Waals surface area contributed by atoms with Gasteiger partial charge in [-0.15, -0.1) is 0 Å². The van der Waals surface area contributed by atoms with Crippen LogP contribution in [0.25, 0.3) is 0 Å². The molecular weight excluding hydrogens is 416 g/mol. The fourth-order valence-electron chi connectivity index (χ4n) is 6.01. The molecule has 1 fully saturated rings. The number of amides is 1. The van der Waals surface area contributed by atoms with Gasteiger partial charge in [-0.3, -0.25) is 19.6 Å². The monoisotopic (exact) mass is 439 g/mol. The Kier molecular flexibility index (Phi) is 4.54. The minimum absolute atomic E-state index is 0.0347. The Morgan fingerprint density at radius 1 is 1.25 bits per heavy atom. The summed E-state index contributed by atoms with van der Waals surface area (Å²) in [5, 5.41) is 33.5. The van der Waals surface area contributed by atoms with Crippen LogP contribution in [0, 0.1) is 16.5 Å². The lowest BCUT2D eigenvalue weighted by atomic mass is 9.61. The summed E-state index contributed by atoms with van der Waals surface area (Å²) in [6.07, 6.45) is 0.535. The number of piperidine rings is 1. The van der Waals surface area contributed by atoms with Gasteiger partial charge in [-0.2, -0.15) is 0 Å². The van der Waals surface area contributed by atoms with Crippen molar-refractivity contribution in [1.29, 1.82) is 0 Å². The number of rotatable bonds is 3. The molecular formula is C22H23N4O6-. The fraction of sp³-hybridized carbons (Fsp3) is 0.409. The highest BCUT2D eigenvalue weighted by Gasteiger charge is 2.62. The lowest BCUT2D eigenvalue weighted by molar-refractivity contribution is -0.159. The maximum atomic E-state index is 13.2. The Labute approximate surface area is 183 Å². The molecule has 32 heavy (non-hydrogen) atoms. The molecule has 10 heteroatoms. The van der Waals surface area contributed by atoms with Crippen molar-refractivity contribution in [3.05, 3.63) is 63.2 Å². The Bertz CT molecular complexity index is 1180. The Morgan fingerprint density at radius 3 is 2.72 bits per heavy atom. The number of fused-ring (bicyclic) bond motifs is 8. The molecule has 0 aliphatic carbocycles. The minimum atomic E-state index is -1.84. The van der Waals surface area contributed by atoms with E-state index in [1.807, 2.05) is 11.0 Å². The van der Waals surface area contributed by atoms with Crippen LogP contribution in [-0.4, -0.2) is 46.4 Å². The Balaban J connectivity index is 1.76. The maximum absolute atomic E-state index is 13.2. The molecule has 1 saturated heterocycles. The van der Waals surface area contributed by atoms with Crippen molar-refractivity contribution in [2.75, 3.05) is 23.7 Å². The molecule has 3 aliphatic rings. The van der Waals surface area contributed by atoms with Crippen LogP contribution >= 0.6 is 0 Å². The van der Waals surface area contributed by atoms with E-state index < -0.39 is 23.3 Å². The number of carboxylic acid groups (broad SMARTS) is 1. The van der Waals surface area contributed by atoms with Gasteiger partial charge in [0.05, 0.1) is 11.7 Å². The van der Waals surface area contributed by atoms with Crippen LogP contribution in [0.15, 0.2) is 41.2 Å². The van der Waals surface area contributed by atoms with E-state index in [2.05, 4.69) is 5.32 Å². The molecule has 5 rings (SSSR count). The first kappa shape index (κ1) is 20.5. The van der Waals surface area contributed by atoms with E-state index in [0.29, 0.717) is 25.1 Å². The zero-order valence-electron chi connectivity index (χ0n) is 17.4. The number of anilines is 2. The quantitative estimate of drug-likeness (QED) is 0.474. The summed E-state index contributed by atoms with van der Waals surface area (Å²) in [5.41, 5.74) is -0.0295. The van der Waals surface area contributed by atoms with Crippen molar-refractivity contribution in [3.63, 3.8) is 0 Å². The summed E-state index contributed by atoms with van der Waals surface area (Å²) in [4.78, 5) is 40.6. The average molecular weight is 439 g/mol. The Morgan fingerprint density at radius 2 is 2.03 bits per heavy atom. The highest BCUT2D eigenvalue weighted by atomic mass is 16.8. The zero-order valence-corrected chi connectivity index (χ0v) is 17.4. The van der Waals surface area contributed by atoms with Gasteiger partial charge in [0, 0.05) is 49.9 Å². The second-order valence-electron chi connectivity index (χ2n) is 8.82. The molecule has 1 aromatic carbocycles. The van der Waals surface area contributed by atoms with E-state index >= 15 is 0 Å². The SMILES string of the molecule is CNC(=O)C1(C(=O)O)Cc2cc(N([O-])O)ccc2N2CC3CC(c4cccc(=O)n4C3)C21. The summed E-state index contributed by atoms with van der Waals surface area (Å²) in [7, 11) is 1.40. The van der Waals surface area contributed by atoms with Crippen molar-refractivity contribution >= 4 is 23.3 Å². The molecule has 3 N–H and O–H groups in total. The van der Waals surface area contributed by atoms with Gasteiger partial charge in [-0.25, -0.2) is 0 Å². The maximum Gasteiger partial charge on any atom is 0.321 e. The minimum Gasteiger partial charge on any atom is -0.733 e. The third-order valence-corrected chi connectivity index (χ3v) is 7.24. The van der Waals surface area contributed by atoms with Crippen LogP contribution in [0.3, 0.4) is 0 Å². The average Bonchev–Trinajstić information content (AvgIpc) is 2.77. The van der Waals surface area contributed by atoms with Gasteiger partial charge in [0.25, 0.3) is 5.56 Å². The summed E-state index contributed by atoms with van der Waals surface area (Å²) < 4.78 is 1.70. The number of aliphatic carboxylic acids is 1. The van der Waals surface area contributed by atoms with Crippen LogP contribution in [-0.2, 0) is 22.6 Å². The summed E-state index contributed by atoms with van der Waals surface area (Å²) >= 11 is 0. The molecule has 2 aromatic rings. The smallest absolute Gasteiger partial charge is 0.321 e. The highest BCUT2D eigenvalue weighted by Crippen LogP contribution is 2.53. The summed E-state index contributed by atoms with van der Waals surface area (Å²) in [6.45, 7) is 0.994. The first-order chi connectivity index (χ1) is 15.3. The largest absolute Gasteiger partial charge is 0.733 e. The van der Waals surface area contributed by atoms with Crippen molar-refractivity contribution in [2.45, 2.75) is 31.3 Å². The molecule has 168 valence electrons. The van der Waals surface area contributed by atoms with E-state index in [4.69, 9.17) is 0 Å². The number of carbonyl (C=O) groups excluding carboxylic acids is 1. The van der Waals surface area contributed by atoms with E-state index in [0.717, 1.165) is 11.4 Å². The Hall–Kier alpha value is -3.37. The number of nitrogens with zero attached hydrogens (tertiary/aromatic N) is 3. The van der Waals surface area contributed by atoms with Gasteiger partial charge >= 0.3 is 5.97 Å². The molecule has 1 aromatic heterocycles. The number of hydrogen-bond acceptors (Lipinski definition) is 7. The predicted octanol–water partition coefficient (Wildman–Crippen LogP) is 0.907. The summed E-state index contributed by atoms with van der Waals surface area (Å²) in [5.74, 6) is -2.14. The number of benzene rings is 1. The standard InChI is InChI=1S/C22H23N4O6/c1-23-20(28)22(21(29)30)9-13-8-14(26(31)32)5-6-16(13)25-11-12-7-15(19(22)25)17-3-2-4-18(27)24(17)10-12/h2-6,8,12,15,19,31H,7,9-11H2,1H3,(H,23,28)(H,29,30)/q-1. The van der Waals surface area contributed by atoms with E-state index in [1.165, 1.54) is 25.2 Å². The van der Waals surface area contributed by atoms with Crippen molar-refractivity contribution < 1.29 is 19.9 Å². The van der Waals surface area contributed by atoms with E-state index in [-0.39, 0.29) is 34.7 Å². The van der Waals surface area contributed by atoms with Gasteiger partial charge in [0.15, 0.2) is 5.41 Å². The number of carboxylic acids is 1. The van der Waals surface area contributed by atoms with E-state index in [1.54, 1.807) is 16.7 Å². The lowest BCUT2D eigenvalue weighted by Crippen LogP contribution is -2.68. The second-order valence-corrected chi connectivity index (χ2v) is 8.82. The third-order valence-electron chi connectivity index (χ3n) is 7.24. The molecule has 0 spiro atoms. The van der Waals surface area contributed by atoms with Gasteiger partial charge in [-0.1, -0.05) is 6.07 Å². The number of aromatic nitrogens is 1. The molecule has 0 saturated carbocycles. The van der Waals surface area contributed by atoms with Crippen LogP contribution in [0.4, 0.5) is 11.4 Å². The van der Waals surface area contributed by atoms with Crippen LogP contribution < -0.4 is 21.0 Å². The number of pyridine rings is 1. The van der Waals surface area contributed by atoms with Crippen LogP contribution in [0.5, 0.6) is 0 Å². The second kappa shape index (κ2) is 7.07. The fourth-order valence-corrected chi connectivity index (χ4v) is 6.01. The molecule has 2 bridgehead atoms. The number of hydrogen-bond donors (Lipinski definition) is 3. The van der Waals surface area contributed by atoms with E-state index in [9.17, 15) is 29.9 Å². The van der Waals surface area contributed by atoms with Crippen molar-refractivity contribution in [1.82, 2.24) is 9.88 Å². The third kappa shape index (κ3) is 2.69. The molecule has 3 aliphatic heterocycles. The topological polar surface area (TPSA) is 138 Å². The molecule has 4 heterocycles. The van der Waals surface area contributed by atoms with Gasteiger partial charge < -0.3 is 30.3 Å². The molecule has 4 atom stereocenters. The number of carbonyl (C=O) groups is 2. The van der Waals surface area contributed by atoms with Gasteiger partial charge in [0.2, 0.25) is 5.91 Å². The first-order valence-corrected chi connectivity index (χ1v) is 10.5. The van der Waals surface area contributed by atoms with Crippen LogP contribution in [0.1, 0.15) is 23.6 Å². The van der Waals surface area contributed by atoms with Crippen LogP contribution in [0.2, 0.25) is 0 Å². The van der Waals surface area contributed by atoms with Crippen molar-refractivity contribution in [3.8, 4) is 0 Å². The molecule has 0 radical (unpaired) electrons. The lowest BCUT2D eigenvalue weighted by Gasteiger charge is -2.57.